The summed E-state index contributed by atoms with van der Waals surface area (Å²) in [6.45, 7) is 3.61. The highest BCUT2D eigenvalue weighted by molar-refractivity contribution is 6.04. The van der Waals surface area contributed by atoms with Gasteiger partial charge in [-0.25, -0.2) is 5.43 Å². The SMILES string of the molecule is CCCCCC(=O)NCCOc1ccc(NC(=O)c2cccc(OC)c2)cc1C1=CCNN1C. The number of nitrogens with one attached hydrogen (secondary N) is 3. The summed E-state index contributed by atoms with van der Waals surface area (Å²) >= 11 is 0. The predicted molar refractivity (Wildman–Crippen MR) is 134 cm³/mol. The first-order valence-corrected chi connectivity index (χ1v) is 11.7. The standard InChI is InChI=1S/C26H34N4O4/c1-4-5-6-10-25(31)27-15-16-34-24-12-11-20(18-22(24)23-13-14-28-30(23)2)29-26(32)19-8-7-9-21(17-19)33-3/h7-9,11-13,17-18,28H,4-6,10,14-16H2,1-3H3,(H,27,31)(H,29,32). The average Bonchev–Trinajstić information content (AvgIpc) is 3.28. The molecule has 1 aliphatic heterocycles. The van der Waals surface area contributed by atoms with Crippen molar-refractivity contribution in [3.8, 4) is 11.5 Å². The smallest absolute Gasteiger partial charge is 0.255 e. The molecule has 1 aliphatic rings. The zero-order valence-corrected chi connectivity index (χ0v) is 20.1. The molecule has 0 bridgehead atoms. The highest BCUT2D eigenvalue weighted by Gasteiger charge is 2.18. The van der Waals surface area contributed by atoms with Gasteiger partial charge in [0.2, 0.25) is 5.91 Å². The second-order valence-corrected chi connectivity index (χ2v) is 8.06. The van der Waals surface area contributed by atoms with Crippen LogP contribution in [-0.4, -0.2) is 50.7 Å². The topological polar surface area (TPSA) is 91.9 Å². The van der Waals surface area contributed by atoms with Crippen LogP contribution >= 0.6 is 0 Å². The van der Waals surface area contributed by atoms with Crippen molar-refractivity contribution >= 4 is 23.2 Å². The molecule has 2 aromatic carbocycles. The van der Waals surface area contributed by atoms with Crippen molar-refractivity contribution in [2.45, 2.75) is 32.6 Å². The number of unbranched alkanes of at least 4 members (excludes halogenated alkanes) is 2. The normalized spacial score (nSPS) is 12.8. The van der Waals surface area contributed by atoms with Gasteiger partial charge in [0.05, 0.1) is 19.4 Å². The van der Waals surface area contributed by atoms with Crippen LogP contribution in [0.4, 0.5) is 5.69 Å². The second kappa shape index (κ2) is 12.6. The largest absolute Gasteiger partial charge is 0.497 e. The van der Waals surface area contributed by atoms with Crippen molar-refractivity contribution in [1.82, 2.24) is 15.8 Å². The number of hydrogen-bond acceptors (Lipinski definition) is 6. The Hall–Kier alpha value is -3.52. The fraction of sp³-hybridized carbons (Fsp3) is 0.385. The fourth-order valence-corrected chi connectivity index (χ4v) is 3.67. The third kappa shape index (κ3) is 6.99. The lowest BCUT2D eigenvalue weighted by Crippen LogP contribution is -2.28. The number of methoxy groups -OCH3 is 1. The molecule has 0 unspecified atom stereocenters. The molecular weight excluding hydrogens is 432 g/mol. The van der Waals surface area contributed by atoms with Crippen molar-refractivity contribution in [3.63, 3.8) is 0 Å². The minimum absolute atomic E-state index is 0.0512. The number of amides is 2. The third-order valence-corrected chi connectivity index (χ3v) is 5.52. The number of rotatable bonds is 12. The zero-order chi connectivity index (χ0) is 24.3. The van der Waals surface area contributed by atoms with E-state index in [0.29, 0.717) is 48.9 Å². The van der Waals surface area contributed by atoms with Gasteiger partial charge >= 0.3 is 0 Å². The summed E-state index contributed by atoms with van der Waals surface area (Å²) in [4.78, 5) is 24.7. The van der Waals surface area contributed by atoms with E-state index in [1.807, 2.05) is 30.3 Å². The van der Waals surface area contributed by atoms with Crippen LogP contribution in [0.15, 0.2) is 48.5 Å². The van der Waals surface area contributed by atoms with Gasteiger partial charge < -0.3 is 25.1 Å². The van der Waals surface area contributed by atoms with Gasteiger partial charge in [0.1, 0.15) is 18.1 Å². The van der Waals surface area contributed by atoms with Crippen LogP contribution in [0.2, 0.25) is 0 Å². The summed E-state index contributed by atoms with van der Waals surface area (Å²) in [5.41, 5.74) is 6.20. The lowest BCUT2D eigenvalue weighted by molar-refractivity contribution is -0.121. The number of hydrazine groups is 1. The van der Waals surface area contributed by atoms with Crippen molar-refractivity contribution < 1.29 is 19.1 Å². The summed E-state index contributed by atoms with van der Waals surface area (Å²) < 4.78 is 11.2. The maximum absolute atomic E-state index is 12.8. The molecule has 0 saturated carbocycles. The number of carbonyl (C=O) groups is 2. The highest BCUT2D eigenvalue weighted by Crippen LogP contribution is 2.32. The lowest BCUT2D eigenvalue weighted by atomic mass is 10.1. The van der Waals surface area contributed by atoms with Crippen molar-refractivity contribution in [2.24, 2.45) is 0 Å². The predicted octanol–water partition coefficient (Wildman–Crippen LogP) is 3.81. The fourth-order valence-electron chi connectivity index (χ4n) is 3.67. The molecular formula is C26H34N4O4. The van der Waals surface area contributed by atoms with Gasteiger partial charge in [0.25, 0.3) is 5.91 Å². The first kappa shape index (κ1) is 25.1. The molecule has 8 nitrogen and oxygen atoms in total. The lowest BCUT2D eigenvalue weighted by Gasteiger charge is -2.20. The molecule has 3 rings (SSSR count). The van der Waals surface area contributed by atoms with Gasteiger partial charge in [-0.2, -0.15) is 0 Å². The van der Waals surface area contributed by atoms with Crippen LogP contribution in [0, 0.1) is 0 Å². The minimum atomic E-state index is -0.226. The number of benzene rings is 2. The van der Waals surface area contributed by atoms with Gasteiger partial charge in [-0.15, -0.1) is 0 Å². The molecule has 182 valence electrons. The Morgan fingerprint density at radius 3 is 2.74 bits per heavy atom. The van der Waals surface area contributed by atoms with E-state index < -0.39 is 0 Å². The van der Waals surface area contributed by atoms with Gasteiger partial charge in [0, 0.05) is 36.8 Å². The molecule has 0 saturated heterocycles. The van der Waals surface area contributed by atoms with Crippen molar-refractivity contribution in [3.05, 3.63) is 59.7 Å². The molecule has 0 radical (unpaired) electrons. The Labute approximate surface area is 201 Å². The molecule has 3 N–H and O–H groups in total. The van der Waals surface area contributed by atoms with Gasteiger partial charge in [0.15, 0.2) is 0 Å². The van der Waals surface area contributed by atoms with E-state index in [4.69, 9.17) is 9.47 Å². The number of carbonyl (C=O) groups excluding carboxylic acids is 2. The molecule has 34 heavy (non-hydrogen) atoms. The quantitative estimate of drug-likeness (QED) is 0.412. The monoisotopic (exact) mass is 466 g/mol. The van der Waals surface area contributed by atoms with E-state index in [1.165, 1.54) is 0 Å². The average molecular weight is 467 g/mol. The number of hydrogen-bond donors (Lipinski definition) is 3. The second-order valence-electron chi connectivity index (χ2n) is 8.06. The van der Waals surface area contributed by atoms with Gasteiger partial charge in [-0.3, -0.25) is 9.59 Å². The summed E-state index contributed by atoms with van der Waals surface area (Å²) in [6, 6.07) is 12.6. The summed E-state index contributed by atoms with van der Waals surface area (Å²) in [5, 5.41) is 7.78. The van der Waals surface area contributed by atoms with E-state index >= 15 is 0 Å². The van der Waals surface area contributed by atoms with E-state index in [0.717, 1.165) is 30.5 Å². The maximum Gasteiger partial charge on any atom is 0.255 e. The van der Waals surface area contributed by atoms with E-state index in [2.05, 4.69) is 29.1 Å². The first-order chi connectivity index (χ1) is 16.5. The van der Waals surface area contributed by atoms with Crippen LogP contribution in [0.3, 0.4) is 0 Å². The van der Waals surface area contributed by atoms with Crippen LogP contribution in [-0.2, 0) is 4.79 Å². The molecule has 2 amide bonds. The molecule has 8 heteroatoms. The van der Waals surface area contributed by atoms with E-state index in [9.17, 15) is 9.59 Å². The minimum Gasteiger partial charge on any atom is -0.497 e. The molecule has 0 spiro atoms. The van der Waals surface area contributed by atoms with Crippen molar-refractivity contribution in [1.29, 1.82) is 0 Å². The Kier molecular flexibility index (Phi) is 9.34. The molecule has 0 aromatic heterocycles. The molecule has 2 aromatic rings. The van der Waals surface area contributed by atoms with Crippen LogP contribution in [0.1, 0.15) is 48.5 Å². The summed E-state index contributed by atoms with van der Waals surface area (Å²) in [5.74, 6) is 1.13. The molecule has 0 fully saturated rings. The number of anilines is 1. The summed E-state index contributed by atoms with van der Waals surface area (Å²) in [6.07, 6.45) is 5.66. The molecule has 0 atom stereocenters. The van der Waals surface area contributed by atoms with Crippen LogP contribution in [0.25, 0.3) is 5.70 Å². The Bertz CT molecular complexity index is 1020. The van der Waals surface area contributed by atoms with Crippen LogP contribution < -0.4 is 25.5 Å². The van der Waals surface area contributed by atoms with Crippen molar-refractivity contribution in [2.75, 3.05) is 39.2 Å². The third-order valence-electron chi connectivity index (χ3n) is 5.52. The van der Waals surface area contributed by atoms with E-state index in [1.54, 1.807) is 31.4 Å². The maximum atomic E-state index is 12.8. The van der Waals surface area contributed by atoms with Gasteiger partial charge in [-0.1, -0.05) is 25.8 Å². The Morgan fingerprint density at radius 1 is 1.15 bits per heavy atom. The molecule has 1 heterocycles. The summed E-state index contributed by atoms with van der Waals surface area (Å²) in [7, 11) is 3.50. The van der Waals surface area contributed by atoms with Crippen LogP contribution in [0.5, 0.6) is 11.5 Å². The first-order valence-electron chi connectivity index (χ1n) is 11.7. The Morgan fingerprint density at radius 2 is 2.00 bits per heavy atom. The Balaban J connectivity index is 1.67. The number of ether oxygens (including phenoxy) is 2. The number of nitrogens with zero attached hydrogens (tertiary/aromatic N) is 1. The van der Waals surface area contributed by atoms with E-state index in [-0.39, 0.29) is 11.8 Å². The highest BCUT2D eigenvalue weighted by atomic mass is 16.5. The van der Waals surface area contributed by atoms with Gasteiger partial charge in [-0.05, 0) is 48.9 Å². The molecule has 0 aliphatic carbocycles. The zero-order valence-electron chi connectivity index (χ0n) is 20.1.